The Morgan fingerprint density at radius 1 is 1.50 bits per heavy atom. The van der Waals surface area contributed by atoms with Crippen LogP contribution in [0.25, 0.3) is 0 Å². The largest absolute Gasteiger partial charge is 0.361 e. The highest BCUT2D eigenvalue weighted by molar-refractivity contribution is 5.92. The third kappa shape index (κ3) is 2.52. The fourth-order valence-electron chi connectivity index (χ4n) is 2.10. The van der Waals surface area contributed by atoms with E-state index in [1.165, 1.54) is 0 Å². The molecule has 1 aromatic rings. The smallest absolute Gasteiger partial charge is 0.234 e. The fraction of sp³-hybridized carbons (Fsp3) is 0.429. The van der Waals surface area contributed by atoms with Gasteiger partial charge in [0.15, 0.2) is 0 Å². The van der Waals surface area contributed by atoms with E-state index in [4.69, 9.17) is 14.8 Å². The molecule has 0 saturated heterocycles. The van der Waals surface area contributed by atoms with E-state index in [0.717, 1.165) is 11.3 Å². The van der Waals surface area contributed by atoms with Crippen LogP contribution in [-0.2, 0) is 9.57 Å². The summed E-state index contributed by atoms with van der Waals surface area (Å²) < 4.78 is 5.34. The van der Waals surface area contributed by atoms with Gasteiger partial charge in [-0.1, -0.05) is 35.5 Å². The lowest BCUT2D eigenvalue weighted by Gasteiger charge is -2.34. The number of nitriles is 1. The Morgan fingerprint density at radius 2 is 2.22 bits per heavy atom. The summed E-state index contributed by atoms with van der Waals surface area (Å²) in [6, 6.07) is 12.2. The van der Waals surface area contributed by atoms with Gasteiger partial charge in [0, 0.05) is 26.4 Å². The van der Waals surface area contributed by atoms with Crippen LogP contribution in [0.15, 0.2) is 35.5 Å². The second-order valence-electron chi connectivity index (χ2n) is 4.51. The van der Waals surface area contributed by atoms with E-state index in [9.17, 15) is 0 Å². The first-order valence-corrected chi connectivity index (χ1v) is 5.90. The normalized spacial score (nSPS) is 26.9. The highest BCUT2D eigenvalue weighted by atomic mass is 16.8. The first-order chi connectivity index (χ1) is 8.68. The van der Waals surface area contributed by atoms with Gasteiger partial charge in [0.2, 0.25) is 5.79 Å². The van der Waals surface area contributed by atoms with E-state index in [1.807, 2.05) is 37.3 Å². The molecule has 0 spiro atoms. The average molecular weight is 244 g/mol. The minimum Gasteiger partial charge on any atom is -0.361 e. The molecule has 0 unspecified atom stereocenters. The van der Waals surface area contributed by atoms with E-state index < -0.39 is 5.79 Å². The lowest BCUT2D eigenvalue weighted by molar-refractivity contribution is -0.221. The van der Waals surface area contributed by atoms with Crippen LogP contribution in [-0.4, -0.2) is 18.6 Å². The standard InChI is InChI=1S/C14H16N2O2/c1-14(17-2)10-12(11-6-4-3-5-7-11)13(8-9-15)16-18-14/h3-7,12H,8,10H2,1-2H3/t12-,14+/m0/s1. The van der Waals surface area contributed by atoms with Crippen LogP contribution in [0.1, 0.15) is 31.2 Å². The molecular weight excluding hydrogens is 228 g/mol. The Kier molecular flexibility index (Phi) is 3.63. The Balaban J connectivity index is 2.32. The van der Waals surface area contributed by atoms with Crippen LogP contribution in [0.5, 0.6) is 0 Å². The maximum atomic E-state index is 8.85. The summed E-state index contributed by atoms with van der Waals surface area (Å²) in [5, 5.41) is 12.9. The molecule has 0 N–H and O–H groups in total. The Morgan fingerprint density at radius 3 is 2.83 bits per heavy atom. The Labute approximate surface area is 107 Å². The van der Waals surface area contributed by atoms with Gasteiger partial charge in [0.05, 0.1) is 18.2 Å². The summed E-state index contributed by atoms with van der Waals surface area (Å²) in [6.07, 6.45) is 0.938. The maximum Gasteiger partial charge on any atom is 0.234 e. The molecule has 0 saturated carbocycles. The van der Waals surface area contributed by atoms with Crippen LogP contribution in [0.3, 0.4) is 0 Å². The minimum absolute atomic E-state index is 0.0737. The van der Waals surface area contributed by atoms with Crippen molar-refractivity contribution < 1.29 is 9.57 Å². The number of rotatable bonds is 3. The van der Waals surface area contributed by atoms with Crippen LogP contribution < -0.4 is 0 Å². The van der Waals surface area contributed by atoms with E-state index in [1.54, 1.807) is 7.11 Å². The van der Waals surface area contributed by atoms with Gasteiger partial charge in [-0.05, 0) is 5.56 Å². The van der Waals surface area contributed by atoms with Crippen LogP contribution in [0.4, 0.5) is 0 Å². The van der Waals surface area contributed by atoms with Crippen molar-refractivity contribution in [3.63, 3.8) is 0 Å². The lowest BCUT2D eigenvalue weighted by Crippen LogP contribution is -2.37. The molecule has 0 radical (unpaired) electrons. The van der Waals surface area contributed by atoms with Gasteiger partial charge in [-0.15, -0.1) is 0 Å². The van der Waals surface area contributed by atoms with E-state index in [0.29, 0.717) is 6.42 Å². The maximum absolute atomic E-state index is 8.85. The molecule has 0 amide bonds. The van der Waals surface area contributed by atoms with Crippen LogP contribution >= 0.6 is 0 Å². The van der Waals surface area contributed by atoms with Crippen molar-refractivity contribution >= 4 is 5.71 Å². The molecular formula is C14H16N2O2. The molecule has 0 aromatic heterocycles. The number of methoxy groups -OCH3 is 1. The number of hydrogen-bond acceptors (Lipinski definition) is 4. The van der Waals surface area contributed by atoms with Gasteiger partial charge >= 0.3 is 0 Å². The van der Waals surface area contributed by atoms with Crippen molar-refractivity contribution in [1.82, 2.24) is 0 Å². The van der Waals surface area contributed by atoms with Crippen LogP contribution in [0, 0.1) is 11.3 Å². The molecule has 94 valence electrons. The Bertz CT molecular complexity index is 478. The Hall–Kier alpha value is -1.86. The molecule has 1 heterocycles. The predicted octanol–water partition coefficient (Wildman–Crippen LogP) is 2.82. The zero-order valence-electron chi connectivity index (χ0n) is 10.6. The number of nitrogens with zero attached hydrogens (tertiary/aromatic N) is 2. The van der Waals surface area contributed by atoms with Gasteiger partial charge < -0.3 is 9.57 Å². The second-order valence-corrected chi connectivity index (χ2v) is 4.51. The molecule has 0 bridgehead atoms. The SMILES string of the molecule is CO[C@@]1(C)C[C@@H](c2ccccc2)C(CC#N)=NO1. The summed E-state index contributed by atoms with van der Waals surface area (Å²) in [7, 11) is 1.60. The van der Waals surface area contributed by atoms with Gasteiger partial charge in [-0.25, -0.2) is 0 Å². The number of ether oxygens (including phenoxy) is 1. The third-order valence-electron chi connectivity index (χ3n) is 3.23. The predicted molar refractivity (Wildman–Crippen MR) is 68.0 cm³/mol. The molecule has 1 aliphatic heterocycles. The lowest BCUT2D eigenvalue weighted by atomic mass is 9.86. The third-order valence-corrected chi connectivity index (χ3v) is 3.23. The van der Waals surface area contributed by atoms with E-state index >= 15 is 0 Å². The quantitative estimate of drug-likeness (QED) is 0.821. The first kappa shape index (κ1) is 12.6. The molecule has 18 heavy (non-hydrogen) atoms. The molecule has 4 nitrogen and oxygen atoms in total. The van der Waals surface area contributed by atoms with Crippen molar-refractivity contribution in [2.45, 2.75) is 31.5 Å². The number of oxime groups is 1. The summed E-state index contributed by atoms with van der Waals surface area (Å²) in [5.74, 6) is -0.649. The van der Waals surface area contributed by atoms with Gasteiger partial charge in [0.1, 0.15) is 0 Å². The van der Waals surface area contributed by atoms with Crippen LogP contribution in [0.2, 0.25) is 0 Å². The summed E-state index contributed by atoms with van der Waals surface area (Å²) in [4.78, 5) is 5.35. The minimum atomic E-state index is -0.723. The molecule has 2 atom stereocenters. The molecule has 2 rings (SSSR count). The molecule has 1 aliphatic rings. The number of hydrogen-bond donors (Lipinski definition) is 0. The van der Waals surface area contributed by atoms with Gasteiger partial charge in [-0.3, -0.25) is 0 Å². The molecule has 0 fully saturated rings. The van der Waals surface area contributed by atoms with Gasteiger partial charge in [0.25, 0.3) is 0 Å². The van der Waals surface area contributed by atoms with Crippen molar-refractivity contribution in [1.29, 1.82) is 5.26 Å². The van der Waals surface area contributed by atoms with Crippen molar-refractivity contribution in [2.75, 3.05) is 7.11 Å². The summed E-state index contributed by atoms with van der Waals surface area (Å²) in [6.45, 7) is 1.86. The first-order valence-electron chi connectivity index (χ1n) is 5.90. The monoisotopic (exact) mass is 244 g/mol. The van der Waals surface area contributed by atoms with Crippen molar-refractivity contribution in [2.24, 2.45) is 5.16 Å². The summed E-state index contributed by atoms with van der Waals surface area (Å²) in [5.41, 5.74) is 1.90. The molecule has 1 aromatic carbocycles. The highest BCUT2D eigenvalue weighted by Gasteiger charge is 2.37. The van der Waals surface area contributed by atoms with E-state index in [2.05, 4.69) is 11.2 Å². The number of benzene rings is 1. The summed E-state index contributed by atoms with van der Waals surface area (Å²) >= 11 is 0. The second kappa shape index (κ2) is 5.19. The average Bonchev–Trinajstić information content (AvgIpc) is 2.42. The fourth-order valence-corrected chi connectivity index (χ4v) is 2.10. The topological polar surface area (TPSA) is 54.6 Å². The molecule has 4 heteroatoms. The zero-order chi connectivity index (χ0) is 13.0. The van der Waals surface area contributed by atoms with E-state index in [-0.39, 0.29) is 12.3 Å². The molecule has 0 aliphatic carbocycles. The van der Waals surface area contributed by atoms with Crippen molar-refractivity contribution in [3.05, 3.63) is 35.9 Å². The zero-order valence-corrected chi connectivity index (χ0v) is 10.6. The van der Waals surface area contributed by atoms with Crippen molar-refractivity contribution in [3.8, 4) is 6.07 Å². The highest BCUT2D eigenvalue weighted by Crippen LogP contribution is 2.35. The van der Waals surface area contributed by atoms with Gasteiger partial charge in [-0.2, -0.15) is 5.26 Å².